The quantitative estimate of drug-likeness (QED) is 0.808. The van der Waals surface area contributed by atoms with E-state index in [9.17, 15) is 4.79 Å². The number of carbonyl (C=O) groups excluding carboxylic acids is 1. The zero-order chi connectivity index (χ0) is 10.4. The van der Waals surface area contributed by atoms with Gasteiger partial charge in [-0.15, -0.1) is 0 Å². The molecule has 2 heteroatoms. The summed E-state index contributed by atoms with van der Waals surface area (Å²) in [6, 6.07) is 9.94. The lowest BCUT2D eigenvalue weighted by molar-refractivity contribution is -0.121. The highest BCUT2D eigenvalue weighted by Crippen LogP contribution is 2.00. The van der Waals surface area contributed by atoms with E-state index < -0.39 is 0 Å². The van der Waals surface area contributed by atoms with Gasteiger partial charge in [0.15, 0.2) is 0 Å². The number of benzene rings is 1. The maximum Gasteiger partial charge on any atom is 0.220 e. The monoisotopic (exact) mass is 207 g/mol. The van der Waals surface area contributed by atoms with Crippen molar-refractivity contribution in [2.24, 2.45) is 5.92 Å². The molecule has 1 N–H and O–H groups in total. The summed E-state index contributed by atoms with van der Waals surface area (Å²) in [4.78, 5) is 11.3. The van der Waals surface area contributed by atoms with E-state index in [1.165, 1.54) is 0 Å². The maximum absolute atomic E-state index is 11.3. The summed E-state index contributed by atoms with van der Waals surface area (Å²) in [5.74, 6) is 0.551. The fourth-order valence-electron chi connectivity index (χ4n) is 1.24. The lowest BCUT2D eigenvalue weighted by atomic mass is 10.1. The molecule has 0 saturated heterocycles. The topological polar surface area (TPSA) is 29.1 Å². The largest absolute Gasteiger partial charge is 0.352 e. The molecule has 0 aliphatic rings. The molecule has 84 valence electrons. The molecule has 1 rings (SSSR count). The fraction of sp³-hybridized carbons (Fsp3) is 0.462. The summed E-state index contributed by atoms with van der Waals surface area (Å²) in [5, 5.41) is 2.89. The van der Waals surface area contributed by atoms with E-state index in [1.807, 2.05) is 44.2 Å². The van der Waals surface area contributed by atoms with Crippen LogP contribution in [0.1, 0.15) is 33.3 Å². The number of nitrogens with one attached hydrogen (secondary N) is 1. The van der Waals surface area contributed by atoms with Gasteiger partial charge in [-0.2, -0.15) is 0 Å². The summed E-state index contributed by atoms with van der Waals surface area (Å²) >= 11 is 0. The minimum absolute atomic E-state index is 0. The molecule has 0 spiro atoms. The van der Waals surface area contributed by atoms with Crippen LogP contribution in [0.5, 0.6) is 0 Å². The van der Waals surface area contributed by atoms with Gasteiger partial charge < -0.3 is 5.32 Å². The molecular formula is C13H21NO. The van der Waals surface area contributed by atoms with Gasteiger partial charge in [-0.3, -0.25) is 4.79 Å². The zero-order valence-electron chi connectivity index (χ0n) is 8.79. The average Bonchev–Trinajstić information content (AvgIpc) is 2.15. The van der Waals surface area contributed by atoms with Crippen molar-refractivity contribution in [2.45, 2.75) is 34.2 Å². The van der Waals surface area contributed by atoms with Crippen molar-refractivity contribution in [3.63, 3.8) is 0 Å². The normalized spacial score (nSPS) is 9.53. The van der Waals surface area contributed by atoms with Crippen molar-refractivity contribution in [3.05, 3.63) is 35.9 Å². The van der Waals surface area contributed by atoms with Crippen LogP contribution in [0.2, 0.25) is 0 Å². The van der Waals surface area contributed by atoms with Crippen molar-refractivity contribution in [2.75, 3.05) is 0 Å². The number of hydrogen-bond donors (Lipinski definition) is 1. The van der Waals surface area contributed by atoms with Crippen LogP contribution < -0.4 is 5.32 Å². The summed E-state index contributed by atoms with van der Waals surface area (Å²) in [6.45, 7) is 4.72. The Labute approximate surface area is 92.7 Å². The second-order valence-corrected chi connectivity index (χ2v) is 3.86. The molecule has 15 heavy (non-hydrogen) atoms. The van der Waals surface area contributed by atoms with Crippen LogP contribution in [0.25, 0.3) is 0 Å². The van der Waals surface area contributed by atoms with Gasteiger partial charge in [-0.05, 0) is 11.5 Å². The fourth-order valence-corrected chi connectivity index (χ4v) is 1.24. The number of amides is 1. The van der Waals surface area contributed by atoms with Gasteiger partial charge in [-0.25, -0.2) is 0 Å². The Morgan fingerprint density at radius 2 is 1.87 bits per heavy atom. The third-order valence-electron chi connectivity index (χ3n) is 1.93. The van der Waals surface area contributed by atoms with Gasteiger partial charge in [0.2, 0.25) is 5.91 Å². The highest BCUT2D eigenvalue weighted by molar-refractivity contribution is 5.76. The number of hydrogen-bond acceptors (Lipinski definition) is 1. The molecular weight excluding hydrogens is 186 g/mol. The second kappa shape index (κ2) is 7.04. The van der Waals surface area contributed by atoms with Crippen LogP contribution in [0, 0.1) is 5.92 Å². The van der Waals surface area contributed by atoms with Crippen molar-refractivity contribution in [1.29, 1.82) is 0 Å². The Kier molecular flexibility index (Phi) is 6.43. The van der Waals surface area contributed by atoms with Gasteiger partial charge in [0.1, 0.15) is 0 Å². The molecule has 0 radical (unpaired) electrons. The van der Waals surface area contributed by atoms with E-state index in [2.05, 4.69) is 5.32 Å². The first kappa shape index (κ1) is 13.7. The van der Waals surface area contributed by atoms with Crippen molar-refractivity contribution >= 4 is 5.91 Å². The Morgan fingerprint density at radius 1 is 1.27 bits per heavy atom. The standard InChI is InChI=1S/C12H17NO.CH4/c1-10(2)8-12(14)13-9-11-6-4-3-5-7-11;/h3-7,10H,8-9H2,1-2H3,(H,13,14);1H4. The number of carbonyl (C=O) groups is 1. The summed E-state index contributed by atoms with van der Waals surface area (Å²) in [7, 11) is 0. The molecule has 1 amide bonds. The molecule has 0 bridgehead atoms. The Balaban J connectivity index is 0.00000196. The van der Waals surface area contributed by atoms with Crippen LogP contribution in [-0.2, 0) is 11.3 Å². The van der Waals surface area contributed by atoms with Crippen LogP contribution >= 0.6 is 0 Å². The van der Waals surface area contributed by atoms with Gasteiger partial charge in [0, 0.05) is 13.0 Å². The van der Waals surface area contributed by atoms with Crippen LogP contribution in [0.3, 0.4) is 0 Å². The van der Waals surface area contributed by atoms with Gasteiger partial charge in [0.25, 0.3) is 0 Å². The molecule has 1 aromatic rings. The molecule has 0 aliphatic heterocycles. The van der Waals surface area contributed by atoms with Crippen LogP contribution in [-0.4, -0.2) is 5.91 Å². The molecule has 1 aromatic carbocycles. The highest BCUT2D eigenvalue weighted by atomic mass is 16.1. The Morgan fingerprint density at radius 3 is 2.40 bits per heavy atom. The SMILES string of the molecule is C.CC(C)CC(=O)NCc1ccccc1. The van der Waals surface area contributed by atoms with Crippen LogP contribution in [0.4, 0.5) is 0 Å². The lowest BCUT2D eigenvalue weighted by Crippen LogP contribution is -2.23. The second-order valence-electron chi connectivity index (χ2n) is 3.86. The molecule has 0 heterocycles. The van der Waals surface area contributed by atoms with Crippen molar-refractivity contribution in [1.82, 2.24) is 5.32 Å². The predicted molar refractivity (Wildman–Crippen MR) is 64.5 cm³/mol. The third-order valence-corrected chi connectivity index (χ3v) is 1.93. The van der Waals surface area contributed by atoms with E-state index in [-0.39, 0.29) is 13.3 Å². The molecule has 0 aromatic heterocycles. The van der Waals surface area contributed by atoms with Crippen molar-refractivity contribution < 1.29 is 4.79 Å². The lowest BCUT2D eigenvalue weighted by Gasteiger charge is -2.06. The van der Waals surface area contributed by atoms with E-state index >= 15 is 0 Å². The third kappa shape index (κ3) is 5.89. The van der Waals surface area contributed by atoms with E-state index in [0.29, 0.717) is 18.9 Å². The first-order chi connectivity index (χ1) is 6.68. The van der Waals surface area contributed by atoms with Gasteiger partial charge >= 0.3 is 0 Å². The molecule has 0 saturated carbocycles. The molecule has 2 nitrogen and oxygen atoms in total. The zero-order valence-corrected chi connectivity index (χ0v) is 8.79. The highest BCUT2D eigenvalue weighted by Gasteiger charge is 2.03. The minimum Gasteiger partial charge on any atom is -0.352 e. The Bertz CT molecular complexity index is 280. The van der Waals surface area contributed by atoms with E-state index in [4.69, 9.17) is 0 Å². The molecule has 0 fully saturated rings. The smallest absolute Gasteiger partial charge is 0.220 e. The molecule has 0 unspecified atom stereocenters. The van der Waals surface area contributed by atoms with E-state index in [0.717, 1.165) is 5.56 Å². The first-order valence-corrected chi connectivity index (χ1v) is 4.99. The van der Waals surface area contributed by atoms with Gasteiger partial charge in [0.05, 0.1) is 0 Å². The average molecular weight is 207 g/mol. The first-order valence-electron chi connectivity index (χ1n) is 4.99. The number of rotatable bonds is 4. The minimum atomic E-state index is 0. The molecule has 0 atom stereocenters. The summed E-state index contributed by atoms with van der Waals surface area (Å²) < 4.78 is 0. The predicted octanol–water partition coefficient (Wildman–Crippen LogP) is 2.99. The molecule has 0 aliphatic carbocycles. The van der Waals surface area contributed by atoms with Gasteiger partial charge in [-0.1, -0.05) is 51.6 Å². The van der Waals surface area contributed by atoms with E-state index in [1.54, 1.807) is 0 Å². The summed E-state index contributed by atoms with van der Waals surface area (Å²) in [5.41, 5.74) is 1.14. The maximum atomic E-state index is 11.3. The van der Waals surface area contributed by atoms with Crippen LogP contribution in [0.15, 0.2) is 30.3 Å². The Hall–Kier alpha value is -1.31. The summed E-state index contributed by atoms with van der Waals surface area (Å²) in [6.07, 6.45) is 0.604. The van der Waals surface area contributed by atoms with Crippen molar-refractivity contribution in [3.8, 4) is 0 Å².